The Hall–Kier alpha value is -2.47. The van der Waals surface area contributed by atoms with Crippen LogP contribution in [0.5, 0.6) is 5.75 Å². The van der Waals surface area contributed by atoms with Crippen LogP contribution in [0.2, 0.25) is 0 Å². The summed E-state index contributed by atoms with van der Waals surface area (Å²) in [6.45, 7) is 0.396. The molecule has 0 aliphatic heterocycles. The number of carbonyl (C=O) groups is 1. The van der Waals surface area contributed by atoms with Gasteiger partial charge in [-0.15, -0.1) is 0 Å². The molecule has 0 aliphatic rings. The number of primary amides is 1. The number of benzene rings is 1. The summed E-state index contributed by atoms with van der Waals surface area (Å²) < 4.78 is 0. The maximum Gasteiger partial charge on any atom is 0.268 e. The molecule has 94 valence electrons. The van der Waals surface area contributed by atoms with Gasteiger partial charge in [-0.2, -0.15) is 0 Å². The van der Waals surface area contributed by atoms with Crippen LogP contribution in [-0.2, 0) is 6.54 Å². The number of phenols is 1. The lowest BCUT2D eigenvalue weighted by Crippen LogP contribution is -2.12. The van der Waals surface area contributed by atoms with Crippen LogP contribution in [0, 0.1) is 0 Å². The van der Waals surface area contributed by atoms with Gasteiger partial charge in [-0.05, 0) is 6.07 Å². The predicted molar refractivity (Wildman–Crippen MR) is 66.5 cm³/mol. The van der Waals surface area contributed by atoms with Crippen LogP contribution in [0.25, 0.3) is 0 Å². The summed E-state index contributed by atoms with van der Waals surface area (Å²) in [5.41, 5.74) is 11.1. The molecule has 5 N–H and O–H groups in total. The Morgan fingerprint density at radius 1 is 1.28 bits per heavy atom. The normalized spacial score (nSPS) is 9.17. The molecule has 0 fully saturated rings. The van der Waals surface area contributed by atoms with Crippen molar-refractivity contribution in [1.82, 2.24) is 9.97 Å². The van der Waals surface area contributed by atoms with Crippen molar-refractivity contribution in [1.29, 1.82) is 0 Å². The standard InChI is InChI=1S/C7H9NO.C5H5N3O/c8-5-6-3-1-2-4-7(6)9;6-5(9)4-3-7-1-2-8-4/h1-4,9H,5,8H2;1-3H,(H2,6,9). The second kappa shape index (κ2) is 6.97. The Morgan fingerprint density at radius 3 is 2.39 bits per heavy atom. The summed E-state index contributed by atoms with van der Waals surface area (Å²) in [4.78, 5) is 17.6. The van der Waals surface area contributed by atoms with Gasteiger partial charge in [-0.3, -0.25) is 9.78 Å². The first-order chi connectivity index (χ1) is 8.65. The molecule has 0 spiro atoms. The summed E-state index contributed by atoms with van der Waals surface area (Å²) in [7, 11) is 0. The van der Waals surface area contributed by atoms with Crippen molar-refractivity contribution in [3.8, 4) is 5.75 Å². The number of carbonyl (C=O) groups excluding carboxylic acids is 1. The first-order valence-electron chi connectivity index (χ1n) is 5.18. The van der Waals surface area contributed by atoms with Gasteiger partial charge < -0.3 is 16.6 Å². The second-order valence-corrected chi connectivity index (χ2v) is 3.29. The van der Waals surface area contributed by atoms with E-state index in [9.17, 15) is 4.79 Å². The molecular weight excluding hydrogens is 232 g/mol. The van der Waals surface area contributed by atoms with Crippen LogP contribution in [0.15, 0.2) is 42.9 Å². The van der Waals surface area contributed by atoms with Crippen molar-refractivity contribution in [2.75, 3.05) is 0 Å². The van der Waals surface area contributed by atoms with Gasteiger partial charge in [0.1, 0.15) is 11.4 Å². The smallest absolute Gasteiger partial charge is 0.268 e. The Bertz CT molecular complexity index is 502. The fourth-order valence-corrected chi connectivity index (χ4v) is 1.11. The summed E-state index contributed by atoms with van der Waals surface area (Å²) in [5, 5.41) is 9.03. The van der Waals surface area contributed by atoms with Gasteiger partial charge >= 0.3 is 0 Å². The topological polar surface area (TPSA) is 115 Å². The van der Waals surface area contributed by atoms with Crippen LogP contribution in [0.1, 0.15) is 16.1 Å². The largest absolute Gasteiger partial charge is 0.508 e. The number of nitrogens with two attached hydrogens (primary N) is 2. The number of rotatable bonds is 2. The minimum Gasteiger partial charge on any atom is -0.508 e. The fraction of sp³-hybridized carbons (Fsp3) is 0.0833. The number of amides is 1. The number of hydrogen-bond donors (Lipinski definition) is 3. The molecule has 1 heterocycles. The molecule has 0 aliphatic carbocycles. The Morgan fingerprint density at radius 2 is 2.00 bits per heavy atom. The van der Waals surface area contributed by atoms with Gasteiger partial charge in [0.15, 0.2) is 0 Å². The number of phenolic OH excluding ortho intramolecular Hbond substituents is 1. The molecule has 1 aromatic heterocycles. The first kappa shape index (κ1) is 13.6. The highest BCUT2D eigenvalue weighted by Gasteiger charge is 1.97. The van der Waals surface area contributed by atoms with E-state index < -0.39 is 5.91 Å². The summed E-state index contributed by atoms with van der Waals surface area (Å²) >= 11 is 0. The molecule has 6 nitrogen and oxygen atoms in total. The average molecular weight is 246 g/mol. The number of para-hydroxylation sites is 1. The van der Waals surface area contributed by atoms with E-state index in [-0.39, 0.29) is 11.4 Å². The lowest BCUT2D eigenvalue weighted by molar-refractivity contribution is 0.0995. The van der Waals surface area contributed by atoms with Gasteiger partial charge in [0, 0.05) is 24.5 Å². The van der Waals surface area contributed by atoms with Crippen molar-refractivity contribution in [2.45, 2.75) is 6.54 Å². The first-order valence-corrected chi connectivity index (χ1v) is 5.18. The molecule has 18 heavy (non-hydrogen) atoms. The quantitative estimate of drug-likeness (QED) is 0.710. The Labute approximate surface area is 104 Å². The van der Waals surface area contributed by atoms with E-state index in [0.717, 1.165) is 5.56 Å². The summed E-state index contributed by atoms with van der Waals surface area (Å²) in [6.07, 6.45) is 4.22. The molecule has 0 radical (unpaired) electrons. The third-order valence-electron chi connectivity index (χ3n) is 2.03. The fourth-order valence-electron chi connectivity index (χ4n) is 1.11. The van der Waals surface area contributed by atoms with Crippen LogP contribution in [-0.4, -0.2) is 21.0 Å². The number of hydrogen-bond acceptors (Lipinski definition) is 5. The molecule has 6 heteroatoms. The van der Waals surface area contributed by atoms with Crippen molar-refractivity contribution < 1.29 is 9.90 Å². The minimum atomic E-state index is -0.553. The van der Waals surface area contributed by atoms with E-state index >= 15 is 0 Å². The molecule has 0 saturated heterocycles. The van der Waals surface area contributed by atoms with E-state index in [1.165, 1.54) is 18.6 Å². The second-order valence-electron chi connectivity index (χ2n) is 3.29. The monoisotopic (exact) mass is 246 g/mol. The SMILES string of the molecule is NC(=O)c1cnccn1.NCc1ccccc1O. The zero-order chi connectivity index (χ0) is 13.4. The molecule has 0 bridgehead atoms. The van der Waals surface area contributed by atoms with Crippen LogP contribution in [0.4, 0.5) is 0 Å². The van der Waals surface area contributed by atoms with Crippen molar-refractivity contribution in [2.24, 2.45) is 11.5 Å². The molecule has 1 aromatic carbocycles. The third kappa shape index (κ3) is 4.18. The average Bonchev–Trinajstić information content (AvgIpc) is 2.41. The highest BCUT2D eigenvalue weighted by molar-refractivity contribution is 5.90. The van der Waals surface area contributed by atoms with E-state index in [4.69, 9.17) is 16.6 Å². The van der Waals surface area contributed by atoms with Crippen molar-refractivity contribution in [3.05, 3.63) is 54.1 Å². The van der Waals surface area contributed by atoms with Crippen LogP contribution >= 0.6 is 0 Å². The zero-order valence-electron chi connectivity index (χ0n) is 9.65. The predicted octanol–water partition coefficient (Wildman–Crippen LogP) is 0.426. The summed E-state index contributed by atoms with van der Waals surface area (Å²) in [6, 6.07) is 7.05. The van der Waals surface area contributed by atoms with Crippen LogP contribution < -0.4 is 11.5 Å². The molecule has 0 atom stereocenters. The van der Waals surface area contributed by atoms with Gasteiger partial charge in [0.2, 0.25) is 0 Å². The minimum absolute atomic E-state index is 0.192. The summed E-state index contributed by atoms with van der Waals surface area (Å²) in [5.74, 6) is -0.275. The van der Waals surface area contributed by atoms with E-state index in [1.807, 2.05) is 6.07 Å². The van der Waals surface area contributed by atoms with Gasteiger partial charge in [0.05, 0.1) is 6.20 Å². The van der Waals surface area contributed by atoms with E-state index in [1.54, 1.807) is 18.2 Å². The van der Waals surface area contributed by atoms with Crippen LogP contribution in [0.3, 0.4) is 0 Å². The molecule has 0 saturated carbocycles. The Balaban J connectivity index is 0.000000180. The lowest BCUT2D eigenvalue weighted by atomic mass is 10.2. The maximum absolute atomic E-state index is 10.3. The molecule has 2 rings (SSSR count). The van der Waals surface area contributed by atoms with Gasteiger partial charge in [0.25, 0.3) is 5.91 Å². The lowest BCUT2D eigenvalue weighted by Gasteiger charge is -1.97. The van der Waals surface area contributed by atoms with Crippen molar-refractivity contribution in [3.63, 3.8) is 0 Å². The molecule has 0 unspecified atom stereocenters. The molecular formula is C12H14N4O2. The molecule has 2 aromatic rings. The van der Waals surface area contributed by atoms with Gasteiger partial charge in [-0.1, -0.05) is 18.2 Å². The number of aromatic hydroxyl groups is 1. The van der Waals surface area contributed by atoms with Crippen molar-refractivity contribution >= 4 is 5.91 Å². The zero-order valence-corrected chi connectivity index (χ0v) is 9.65. The van der Waals surface area contributed by atoms with E-state index in [0.29, 0.717) is 6.54 Å². The highest BCUT2D eigenvalue weighted by atomic mass is 16.3. The van der Waals surface area contributed by atoms with E-state index in [2.05, 4.69) is 9.97 Å². The maximum atomic E-state index is 10.3. The number of nitrogens with zero attached hydrogens (tertiary/aromatic N) is 2. The Kier molecular flexibility index (Phi) is 5.27. The number of aromatic nitrogens is 2. The van der Waals surface area contributed by atoms with Gasteiger partial charge in [-0.25, -0.2) is 4.98 Å². The highest BCUT2D eigenvalue weighted by Crippen LogP contribution is 2.13. The third-order valence-corrected chi connectivity index (χ3v) is 2.03. The molecule has 1 amide bonds.